The molecule has 1 unspecified atom stereocenters. The highest BCUT2D eigenvalue weighted by molar-refractivity contribution is 9.10. The van der Waals surface area contributed by atoms with E-state index in [0.29, 0.717) is 10.8 Å². The smallest absolute Gasteiger partial charge is 0.339 e. The molecule has 0 radical (unpaired) electrons. The highest BCUT2D eigenvalue weighted by Gasteiger charge is 2.16. The van der Waals surface area contributed by atoms with Crippen molar-refractivity contribution in [3.63, 3.8) is 0 Å². The molecule has 1 atom stereocenters. The third-order valence-electron chi connectivity index (χ3n) is 2.90. The second-order valence-corrected chi connectivity index (χ2v) is 5.38. The van der Waals surface area contributed by atoms with Gasteiger partial charge in [-0.1, -0.05) is 15.9 Å². The van der Waals surface area contributed by atoms with Gasteiger partial charge in [0.15, 0.2) is 0 Å². The first-order valence-electron chi connectivity index (χ1n) is 5.99. The molecule has 2 aromatic rings. The molecule has 0 amide bonds. The second kappa shape index (κ2) is 5.75. The number of methoxy groups -OCH3 is 1. The number of nitrogens with zero attached hydrogens (tertiary/aromatic N) is 1. The largest absolute Gasteiger partial charge is 0.465 e. The molecule has 2 rings (SSSR count). The Morgan fingerprint density at radius 1 is 1.45 bits per heavy atom. The van der Waals surface area contributed by atoms with E-state index in [1.54, 1.807) is 18.2 Å². The van der Waals surface area contributed by atoms with Crippen LogP contribution in [0.2, 0.25) is 0 Å². The first-order chi connectivity index (χ1) is 9.43. The summed E-state index contributed by atoms with van der Waals surface area (Å²) in [6, 6.07) is 4.98. The second-order valence-electron chi connectivity index (χ2n) is 4.46. The highest BCUT2D eigenvalue weighted by atomic mass is 79.9. The Labute approximate surface area is 123 Å². The average molecular weight is 342 g/mol. The molecule has 4 nitrogen and oxygen atoms in total. The summed E-state index contributed by atoms with van der Waals surface area (Å²) >= 11 is 3.30. The number of carbonyl (C=O) groups excluding carboxylic acids is 1. The van der Waals surface area contributed by atoms with Crippen LogP contribution >= 0.6 is 15.9 Å². The summed E-state index contributed by atoms with van der Waals surface area (Å²) in [5.41, 5.74) is -0.0892. The van der Waals surface area contributed by atoms with Gasteiger partial charge in [0, 0.05) is 21.4 Å². The molecule has 0 aliphatic heterocycles. The molecule has 0 spiro atoms. The van der Waals surface area contributed by atoms with Crippen molar-refractivity contribution in [2.45, 2.75) is 19.6 Å². The van der Waals surface area contributed by atoms with Crippen LogP contribution in [0.3, 0.4) is 0 Å². The first-order valence-corrected chi connectivity index (χ1v) is 6.78. The van der Waals surface area contributed by atoms with Crippen LogP contribution in [-0.4, -0.2) is 23.8 Å². The lowest BCUT2D eigenvalue weighted by atomic mass is 10.1. The molecule has 1 aromatic heterocycles. The molecule has 0 fully saturated rings. The number of hydrogen-bond donors (Lipinski definition) is 0. The Hall–Kier alpha value is -1.69. The lowest BCUT2D eigenvalue weighted by Crippen LogP contribution is -2.25. The zero-order valence-electron chi connectivity index (χ0n) is 11.0. The minimum Gasteiger partial charge on any atom is -0.465 e. The number of carbonyl (C=O) groups is 1. The molecule has 0 aliphatic rings. The van der Waals surface area contributed by atoms with Crippen molar-refractivity contribution < 1.29 is 13.9 Å². The van der Waals surface area contributed by atoms with Gasteiger partial charge in [-0.15, -0.1) is 0 Å². The first kappa shape index (κ1) is 14.7. The van der Waals surface area contributed by atoms with Crippen LogP contribution in [0.5, 0.6) is 0 Å². The number of pyridine rings is 1. The average Bonchev–Trinajstić information content (AvgIpc) is 2.40. The van der Waals surface area contributed by atoms with Gasteiger partial charge in [0.1, 0.15) is 6.17 Å². The number of aromatic nitrogens is 1. The van der Waals surface area contributed by atoms with Gasteiger partial charge in [0.25, 0.3) is 5.56 Å². The molecule has 0 saturated carbocycles. The predicted octanol–water partition coefficient (Wildman–Crippen LogP) is 2.91. The monoisotopic (exact) mass is 341 g/mol. The summed E-state index contributed by atoms with van der Waals surface area (Å²) in [4.78, 5) is 24.1. The SMILES string of the molecule is COC(=O)c1cn(CC(C)F)c(=O)c2ccc(Br)cc12. The van der Waals surface area contributed by atoms with Crippen molar-refractivity contribution in [1.82, 2.24) is 4.57 Å². The lowest BCUT2D eigenvalue weighted by Gasteiger charge is -2.12. The molecule has 106 valence electrons. The maximum absolute atomic E-state index is 13.2. The standard InChI is InChI=1S/C14H13BrFNO3/c1-8(16)6-17-7-12(14(19)20-2)11-5-9(15)3-4-10(11)13(17)18/h3-5,7-8H,6H2,1-2H3. The zero-order chi connectivity index (χ0) is 14.9. The van der Waals surface area contributed by atoms with Gasteiger partial charge in [-0.05, 0) is 25.1 Å². The van der Waals surface area contributed by atoms with Crippen LogP contribution in [0.4, 0.5) is 4.39 Å². The number of hydrogen-bond acceptors (Lipinski definition) is 3. The summed E-state index contributed by atoms with van der Waals surface area (Å²) in [5, 5.41) is 0.843. The van der Waals surface area contributed by atoms with Gasteiger partial charge in [0.05, 0.1) is 19.2 Å². The normalized spacial score (nSPS) is 12.4. The molecule has 0 aliphatic carbocycles. The number of fused-ring (bicyclic) bond motifs is 1. The third kappa shape index (κ3) is 2.75. The minimum atomic E-state index is -1.19. The van der Waals surface area contributed by atoms with E-state index >= 15 is 0 Å². The number of alkyl halides is 1. The van der Waals surface area contributed by atoms with Gasteiger partial charge >= 0.3 is 5.97 Å². The molecule has 0 bridgehead atoms. The van der Waals surface area contributed by atoms with Crippen LogP contribution in [0.1, 0.15) is 17.3 Å². The Morgan fingerprint density at radius 3 is 2.75 bits per heavy atom. The van der Waals surface area contributed by atoms with E-state index in [9.17, 15) is 14.0 Å². The van der Waals surface area contributed by atoms with Crippen molar-refractivity contribution in [3.8, 4) is 0 Å². The Bertz CT molecular complexity index is 724. The van der Waals surface area contributed by atoms with Gasteiger partial charge in [-0.3, -0.25) is 4.79 Å². The maximum atomic E-state index is 13.2. The summed E-state index contributed by atoms with van der Waals surface area (Å²) in [6.45, 7) is 1.25. The van der Waals surface area contributed by atoms with Crippen LogP contribution in [0, 0.1) is 0 Å². The number of esters is 1. The predicted molar refractivity (Wildman–Crippen MR) is 77.8 cm³/mol. The van der Waals surface area contributed by atoms with Crippen LogP contribution < -0.4 is 5.56 Å². The zero-order valence-corrected chi connectivity index (χ0v) is 12.6. The quantitative estimate of drug-likeness (QED) is 0.806. The Morgan fingerprint density at radius 2 is 2.15 bits per heavy atom. The fraction of sp³-hybridized carbons (Fsp3) is 0.286. The Balaban J connectivity index is 2.80. The molecule has 6 heteroatoms. The third-order valence-corrected chi connectivity index (χ3v) is 3.39. The van der Waals surface area contributed by atoms with E-state index in [1.165, 1.54) is 24.8 Å². The molecule has 20 heavy (non-hydrogen) atoms. The molecule has 1 aromatic carbocycles. The topological polar surface area (TPSA) is 48.3 Å². The lowest BCUT2D eigenvalue weighted by molar-refractivity contribution is 0.0601. The van der Waals surface area contributed by atoms with Gasteiger partial charge in [0.2, 0.25) is 0 Å². The van der Waals surface area contributed by atoms with Crippen LogP contribution in [0.25, 0.3) is 10.8 Å². The van der Waals surface area contributed by atoms with E-state index in [2.05, 4.69) is 15.9 Å². The van der Waals surface area contributed by atoms with E-state index in [1.807, 2.05) is 0 Å². The van der Waals surface area contributed by atoms with Crippen molar-refractivity contribution in [1.29, 1.82) is 0 Å². The van der Waals surface area contributed by atoms with Gasteiger partial charge in [-0.25, -0.2) is 9.18 Å². The molecular weight excluding hydrogens is 329 g/mol. The van der Waals surface area contributed by atoms with E-state index in [0.717, 1.165) is 4.47 Å². The van der Waals surface area contributed by atoms with Crippen molar-refractivity contribution in [2.24, 2.45) is 0 Å². The number of ether oxygens (including phenoxy) is 1. The molecular formula is C14H13BrFNO3. The van der Waals surface area contributed by atoms with Crippen LogP contribution in [0.15, 0.2) is 33.7 Å². The molecule has 0 saturated heterocycles. The summed E-state index contributed by atoms with van der Waals surface area (Å²) in [5.74, 6) is -0.562. The number of rotatable bonds is 3. The van der Waals surface area contributed by atoms with Gasteiger partial charge < -0.3 is 9.30 Å². The highest BCUT2D eigenvalue weighted by Crippen LogP contribution is 2.21. The maximum Gasteiger partial charge on any atom is 0.339 e. The molecule has 1 heterocycles. The van der Waals surface area contributed by atoms with Crippen molar-refractivity contribution in [2.75, 3.05) is 7.11 Å². The summed E-state index contributed by atoms with van der Waals surface area (Å²) in [7, 11) is 1.26. The minimum absolute atomic E-state index is 0.102. The van der Waals surface area contributed by atoms with E-state index < -0.39 is 12.1 Å². The van der Waals surface area contributed by atoms with Crippen molar-refractivity contribution >= 4 is 32.7 Å². The fourth-order valence-corrected chi connectivity index (χ4v) is 2.40. The van der Waals surface area contributed by atoms with E-state index in [-0.39, 0.29) is 17.7 Å². The number of halogens is 2. The van der Waals surface area contributed by atoms with Crippen molar-refractivity contribution in [3.05, 3.63) is 44.8 Å². The summed E-state index contributed by atoms with van der Waals surface area (Å²) in [6.07, 6.45) is 0.157. The fourth-order valence-electron chi connectivity index (χ4n) is 2.04. The molecule has 0 N–H and O–H groups in total. The van der Waals surface area contributed by atoms with Gasteiger partial charge in [-0.2, -0.15) is 0 Å². The Kier molecular flexibility index (Phi) is 4.23. The summed E-state index contributed by atoms with van der Waals surface area (Å²) < 4.78 is 19.8. The number of benzene rings is 1. The van der Waals surface area contributed by atoms with Crippen LogP contribution in [-0.2, 0) is 11.3 Å². The van der Waals surface area contributed by atoms with E-state index in [4.69, 9.17) is 4.74 Å².